The van der Waals surface area contributed by atoms with E-state index in [-0.39, 0.29) is 22.9 Å². The molecule has 13 heteroatoms. The number of halogens is 4. The molecule has 2 aliphatic rings. The van der Waals surface area contributed by atoms with Crippen molar-refractivity contribution in [3.05, 3.63) is 88.3 Å². The van der Waals surface area contributed by atoms with Crippen LogP contribution in [0, 0.1) is 17.1 Å². The maximum atomic E-state index is 14.7. The minimum Gasteiger partial charge on any atom is -0.447 e. The molecule has 0 amide bonds. The van der Waals surface area contributed by atoms with Crippen molar-refractivity contribution in [2.45, 2.75) is 44.2 Å². The maximum Gasteiger partial charge on any atom is 0.451 e. The smallest absolute Gasteiger partial charge is 0.447 e. The summed E-state index contributed by atoms with van der Waals surface area (Å²) in [5, 5.41) is 15.9. The summed E-state index contributed by atoms with van der Waals surface area (Å²) < 4.78 is 71.0. The van der Waals surface area contributed by atoms with Gasteiger partial charge in [0.15, 0.2) is 17.3 Å². The maximum absolute atomic E-state index is 14.7. The fourth-order valence-corrected chi connectivity index (χ4v) is 5.61. The molecular formula is C31H28F4N6O3. The van der Waals surface area contributed by atoms with E-state index in [2.05, 4.69) is 25.1 Å². The molecule has 1 saturated heterocycles. The van der Waals surface area contributed by atoms with E-state index in [1.807, 2.05) is 18.2 Å². The lowest BCUT2D eigenvalue weighted by Crippen LogP contribution is -2.33. The third kappa shape index (κ3) is 6.09. The van der Waals surface area contributed by atoms with Gasteiger partial charge in [-0.1, -0.05) is 12.1 Å². The second-order valence-electron chi connectivity index (χ2n) is 10.7. The number of likely N-dealkylation sites (tertiary alicyclic amines) is 1. The first-order chi connectivity index (χ1) is 21.2. The van der Waals surface area contributed by atoms with Crippen LogP contribution < -0.4 is 9.47 Å². The summed E-state index contributed by atoms with van der Waals surface area (Å²) in [7, 11) is 1.59. The molecule has 1 atom stereocenters. The van der Waals surface area contributed by atoms with Gasteiger partial charge in [0, 0.05) is 31.0 Å². The molecule has 2 aromatic heterocycles. The van der Waals surface area contributed by atoms with Crippen LogP contribution in [-0.4, -0.2) is 51.9 Å². The van der Waals surface area contributed by atoms with Crippen molar-refractivity contribution in [3.63, 3.8) is 0 Å². The van der Waals surface area contributed by atoms with Crippen LogP contribution in [0.2, 0.25) is 0 Å². The number of hydrogen-bond donors (Lipinski definition) is 1. The highest BCUT2D eigenvalue weighted by Crippen LogP contribution is 2.47. The topological polar surface area (TPSA) is 109 Å². The summed E-state index contributed by atoms with van der Waals surface area (Å²) in [6.07, 6.45) is -1.81. The molecule has 2 aliphatic heterocycles. The van der Waals surface area contributed by atoms with E-state index in [1.165, 1.54) is 24.4 Å². The van der Waals surface area contributed by atoms with Crippen LogP contribution in [0.1, 0.15) is 58.8 Å². The number of aromatic amines is 1. The first-order valence-electron chi connectivity index (χ1n) is 14.1. The third-order valence-electron chi connectivity index (χ3n) is 7.92. The van der Waals surface area contributed by atoms with Gasteiger partial charge in [0.05, 0.1) is 29.5 Å². The van der Waals surface area contributed by atoms with E-state index in [0.29, 0.717) is 36.6 Å². The second kappa shape index (κ2) is 12.2. The average molecular weight is 609 g/mol. The predicted molar refractivity (Wildman–Crippen MR) is 149 cm³/mol. The van der Waals surface area contributed by atoms with E-state index in [9.17, 15) is 17.6 Å². The van der Waals surface area contributed by atoms with Gasteiger partial charge in [0.1, 0.15) is 5.82 Å². The van der Waals surface area contributed by atoms with Gasteiger partial charge >= 0.3 is 6.18 Å². The van der Waals surface area contributed by atoms with Gasteiger partial charge in [0.2, 0.25) is 5.82 Å². The van der Waals surface area contributed by atoms with Crippen molar-refractivity contribution >= 4 is 0 Å². The van der Waals surface area contributed by atoms with Gasteiger partial charge in [-0.25, -0.2) is 4.39 Å². The number of pyridine rings is 1. The standard InChI is InChI=1S/C31H28F4N6O3/c1-42-12-9-20-14-21(28-38-30(40-39-28)31(33,34)35)16-37-25(20)17-41-10-7-19(8-11-41)22-3-2-4-26-27(22)44-29(43-26)23-6-5-18(15-36)13-24(23)32/h2-6,13-14,16,19,29H,7-12,17H2,1H3,(H,38,39,40)/t29-/m0/s1. The average Bonchev–Trinajstić information content (AvgIpc) is 3.69. The molecule has 0 aliphatic carbocycles. The fraction of sp³-hybridized carbons (Fsp3) is 0.355. The van der Waals surface area contributed by atoms with Gasteiger partial charge in [0.25, 0.3) is 6.29 Å². The van der Waals surface area contributed by atoms with E-state index < -0.39 is 24.1 Å². The Kier molecular flexibility index (Phi) is 8.20. The van der Waals surface area contributed by atoms with Crippen molar-refractivity contribution < 1.29 is 31.8 Å². The number of rotatable bonds is 8. The summed E-state index contributed by atoms with van der Waals surface area (Å²) in [6, 6.07) is 13.6. The van der Waals surface area contributed by atoms with Gasteiger partial charge in [-0.15, -0.1) is 10.2 Å². The molecule has 44 heavy (non-hydrogen) atoms. The predicted octanol–water partition coefficient (Wildman–Crippen LogP) is 5.93. The molecule has 228 valence electrons. The first-order valence-corrected chi connectivity index (χ1v) is 14.1. The van der Waals surface area contributed by atoms with Crippen molar-refractivity contribution in [3.8, 4) is 29.0 Å². The molecule has 9 nitrogen and oxygen atoms in total. The zero-order chi connectivity index (χ0) is 30.8. The molecule has 1 N–H and O–H groups in total. The zero-order valence-corrected chi connectivity index (χ0v) is 23.7. The zero-order valence-electron chi connectivity index (χ0n) is 23.7. The van der Waals surface area contributed by atoms with E-state index in [0.717, 1.165) is 42.8 Å². The molecule has 2 aromatic carbocycles. The van der Waals surface area contributed by atoms with Crippen molar-refractivity contribution in [1.29, 1.82) is 5.26 Å². The Labute approximate surface area is 250 Å². The summed E-state index contributed by atoms with van der Waals surface area (Å²) in [4.78, 5) is 9.13. The number of fused-ring (bicyclic) bond motifs is 1. The SMILES string of the molecule is COCCc1cc(-c2nnc(C(F)(F)F)[nH]2)cnc1CN1CCC(c2cccc3c2O[C@@H](c2ccc(C#N)cc2F)O3)CC1. The molecule has 6 rings (SSSR count). The Hall–Kier alpha value is -4.54. The van der Waals surface area contributed by atoms with Gasteiger partial charge < -0.3 is 19.2 Å². The van der Waals surface area contributed by atoms with Gasteiger partial charge in [-0.05, 0) is 74.2 Å². The fourth-order valence-electron chi connectivity index (χ4n) is 5.61. The Balaban J connectivity index is 1.13. The summed E-state index contributed by atoms with van der Waals surface area (Å²) >= 11 is 0. The number of nitrogens with zero attached hydrogens (tertiary/aromatic N) is 5. The van der Waals surface area contributed by atoms with Crippen LogP contribution >= 0.6 is 0 Å². The Morgan fingerprint density at radius 3 is 2.61 bits per heavy atom. The van der Waals surface area contributed by atoms with E-state index >= 15 is 0 Å². The minimum atomic E-state index is -4.62. The van der Waals surface area contributed by atoms with Crippen LogP contribution in [0.5, 0.6) is 11.5 Å². The number of para-hydroxylation sites is 1. The number of hydrogen-bond acceptors (Lipinski definition) is 8. The van der Waals surface area contributed by atoms with Crippen LogP contribution in [0.4, 0.5) is 17.6 Å². The lowest BCUT2D eigenvalue weighted by molar-refractivity contribution is -0.144. The number of alkyl halides is 3. The molecule has 0 spiro atoms. The largest absolute Gasteiger partial charge is 0.451 e. The Morgan fingerprint density at radius 1 is 1.09 bits per heavy atom. The Morgan fingerprint density at radius 2 is 1.91 bits per heavy atom. The molecular weight excluding hydrogens is 580 g/mol. The van der Waals surface area contributed by atoms with Crippen LogP contribution in [0.25, 0.3) is 11.4 Å². The van der Waals surface area contributed by atoms with Crippen molar-refractivity contribution in [2.75, 3.05) is 26.8 Å². The number of aromatic nitrogens is 4. The molecule has 1 fully saturated rings. The number of nitrogens with one attached hydrogen (secondary N) is 1. The summed E-state index contributed by atoms with van der Waals surface area (Å²) in [5.74, 6) is -0.348. The van der Waals surface area contributed by atoms with Gasteiger partial charge in [-0.2, -0.15) is 18.4 Å². The highest BCUT2D eigenvalue weighted by Gasteiger charge is 2.36. The molecule has 0 bridgehead atoms. The number of H-pyrrole nitrogens is 1. The van der Waals surface area contributed by atoms with Crippen LogP contribution in [0.15, 0.2) is 48.7 Å². The highest BCUT2D eigenvalue weighted by molar-refractivity contribution is 5.55. The third-order valence-corrected chi connectivity index (χ3v) is 7.92. The lowest BCUT2D eigenvalue weighted by atomic mass is 9.88. The van der Waals surface area contributed by atoms with Crippen molar-refractivity contribution in [2.24, 2.45) is 0 Å². The minimum absolute atomic E-state index is 0.00149. The lowest BCUT2D eigenvalue weighted by Gasteiger charge is -2.32. The molecule has 4 aromatic rings. The highest BCUT2D eigenvalue weighted by atomic mass is 19.4. The quantitative estimate of drug-likeness (QED) is 0.245. The number of ether oxygens (including phenoxy) is 3. The molecule has 0 saturated carbocycles. The summed E-state index contributed by atoms with van der Waals surface area (Å²) in [6.45, 7) is 2.57. The monoisotopic (exact) mass is 608 g/mol. The second-order valence-corrected chi connectivity index (χ2v) is 10.7. The normalized spacial score (nSPS) is 17.1. The van der Waals surface area contributed by atoms with E-state index in [4.69, 9.17) is 19.5 Å². The van der Waals surface area contributed by atoms with Crippen molar-refractivity contribution in [1.82, 2.24) is 25.1 Å². The van der Waals surface area contributed by atoms with Crippen LogP contribution in [-0.2, 0) is 23.9 Å². The number of methoxy groups -OCH3 is 1. The first kappa shape index (κ1) is 29.5. The molecule has 0 radical (unpaired) electrons. The molecule has 4 heterocycles. The summed E-state index contributed by atoms with van der Waals surface area (Å²) in [5.41, 5.74) is 3.56. The van der Waals surface area contributed by atoms with Gasteiger partial charge in [-0.3, -0.25) is 9.88 Å². The van der Waals surface area contributed by atoms with Crippen LogP contribution in [0.3, 0.4) is 0 Å². The Bertz CT molecular complexity index is 1690. The number of nitriles is 1. The number of piperidine rings is 1. The van der Waals surface area contributed by atoms with E-state index in [1.54, 1.807) is 19.2 Å². The molecule has 0 unspecified atom stereocenters. The number of benzene rings is 2.